The fraction of sp³-hybridized carbons (Fsp3) is 0.292. The lowest BCUT2D eigenvalue weighted by Gasteiger charge is -2.37. The van der Waals surface area contributed by atoms with Gasteiger partial charge in [-0.2, -0.15) is 0 Å². The number of hydrogen-bond donors (Lipinski definition) is 0. The minimum absolute atomic E-state index is 0.0364. The van der Waals surface area contributed by atoms with Gasteiger partial charge in [0.1, 0.15) is 5.76 Å². The molecule has 1 heterocycles. The summed E-state index contributed by atoms with van der Waals surface area (Å²) in [5.41, 5.74) is 4.29. The lowest BCUT2D eigenvalue weighted by atomic mass is 9.72. The van der Waals surface area contributed by atoms with Crippen molar-refractivity contribution in [2.24, 2.45) is 0 Å². The van der Waals surface area contributed by atoms with Gasteiger partial charge in [-0.1, -0.05) is 73.7 Å². The second-order valence-corrected chi connectivity index (χ2v) is 7.64. The number of rotatable bonds is 4. The van der Waals surface area contributed by atoms with Crippen LogP contribution in [0.15, 0.2) is 66.4 Å². The Morgan fingerprint density at radius 3 is 2.63 bits per heavy atom. The molecule has 4 rings (SSSR count). The zero-order valence-corrected chi connectivity index (χ0v) is 15.9. The van der Waals surface area contributed by atoms with Crippen LogP contribution in [0, 0.1) is 0 Å². The number of carbonyl (C=O) groups excluding carboxylic acids is 1. The summed E-state index contributed by atoms with van der Waals surface area (Å²) in [5.74, 6) is 0.771. The molecule has 0 saturated heterocycles. The molecule has 1 aliphatic heterocycles. The Bertz CT molecular complexity index is 913. The van der Waals surface area contributed by atoms with Crippen LogP contribution in [0.1, 0.15) is 43.4 Å². The number of nitrogens with zero attached hydrogens (tertiary/aromatic N) is 1. The van der Waals surface area contributed by atoms with E-state index in [0.717, 1.165) is 18.4 Å². The van der Waals surface area contributed by atoms with Crippen LogP contribution in [0.3, 0.4) is 0 Å². The molecule has 1 amide bonds. The number of carbonyl (C=O) groups is 1. The number of allylic oxidation sites excluding steroid dienone is 2. The highest BCUT2D eigenvalue weighted by atomic mass is 16.5. The SMILES string of the molecule is CC1=C(c2ccccc2)C(=O)N(CCC2(C)CC=Cc3ccccc32)CO1. The first-order valence-corrected chi connectivity index (χ1v) is 9.53. The van der Waals surface area contributed by atoms with Gasteiger partial charge in [0.2, 0.25) is 0 Å². The second-order valence-electron chi connectivity index (χ2n) is 7.64. The molecule has 0 radical (unpaired) electrons. The zero-order valence-electron chi connectivity index (χ0n) is 15.9. The minimum atomic E-state index is 0.0364. The van der Waals surface area contributed by atoms with Crippen LogP contribution in [0.25, 0.3) is 11.6 Å². The number of fused-ring (bicyclic) bond motifs is 1. The van der Waals surface area contributed by atoms with Gasteiger partial charge in [0.15, 0.2) is 6.73 Å². The summed E-state index contributed by atoms with van der Waals surface area (Å²) in [7, 11) is 0. The first-order chi connectivity index (χ1) is 13.1. The predicted molar refractivity (Wildman–Crippen MR) is 109 cm³/mol. The van der Waals surface area contributed by atoms with Crippen molar-refractivity contribution in [1.29, 1.82) is 0 Å². The molecule has 2 aliphatic rings. The van der Waals surface area contributed by atoms with E-state index in [1.807, 2.05) is 42.2 Å². The first kappa shape index (κ1) is 17.6. The van der Waals surface area contributed by atoms with Crippen LogP contribution in [-0.4, -0.2) is 24.1 Å². The molecule has 3 nitrogen and oxygen atoms in total. The summed E-state index contributed by atoms with van der Waals surface area (Å²) >= 11 is 0. The average Bonchev–Trinajstić information content (AvgIpc) is 2.69. The highest BCUT2D eigenvalue weighted by molar-refractivity contribution is 6.20. The van der Waals surface area contributed by atoms with Crippen molar-refractivity contribution >= 4 is 17.6 Å². The molecule has 0 saturated carbocycles. The monoisotopic (exact) mass is 359 g/mol. The van der Waals surface area contributed by atoms with Gasteiger partial charge < -0.3 is 9.64 Å². The minimum Gasteiger partial charge on any atom is -0.477 e. The lowest BCUT2D eigenvalue weighted by Crippen LogP contribution is -2.40. The highest BCUT2D eigenvalue weighted by Gasteiger charge is 2.33. The van der Waals surface area contributed by atoms with Crippen molar-refractivity contribution in [2.75, 3.05) is 13.3 Å². The zero-order chi connectivity index (χ0) is 18.9. The molecule has 138 valence electrons. The number of benzene rings is 2. The van der Waals surface area contributed by atoms with E-state index in [9.17, 15) is 4.79 Å². The topological polar surface area (TPSA) is 29.5 Å². The molecule has 0 spiro atoms. The van der Waals surface area contributed by atoms with Gasteiger partial charge in [-0.05, 0) is 41.9 Å². The van der Waals surface area contributed by atoms with Crippen LogP contribution in [0.4, 0.5) is 0 Å². The van der Waals surface area contributed by atoms with Crippen LogP contribution in [0.2, 0.25) is 0 Å². The summed E-state index contributed by atoms with van der Waals surface area (Å²) in [4.78, 5) is 15.0. The lowest BCUT2D eigenvalue weighted by molar-refractivity contribution is -0.131. The maximum Gasteiger partial charge on any atom is 0.260 e. The fourth-order valence-corrected chi connectivity index (χ4v) is 4.08. The van der Waals surface area contributed by atoms with E-state index in [2.05, 4.69) is 43.3 Å². The Morgan fingerprint density at radius 1 is 1.07 bits per heavy atom. The molecule has 0 bridgehead atoms. The normalized spacial score (nSPS) is 21.9. The van der Waals surface area contributed by atoms with Crippen molar-refractivity contribution in [1.82, 2.24) is 4.90 Å². The van der Waals surface area contributed by atoms with Crippen molar-refractivity contribution in [3.8, 4) is 0 Å². The quantitative estimate of drug-likeness (QED) is 0.769. The summed E-state index contributed by atoms with van der Waals surface area (Å²) in [6.45, 7) is 5.18. The predicted octanol–water partition coefficient (Wildman–Crippen LogP) is 5.00. The van der Waals surface area contributed by atoms with E-state index in [0.29, 0.717) is 24.6 Å². The Balaban J connectivity index is 1.53. The third kappa shape index (κ3) is 3.30. The number of amides is 1. The molecule has 1 aliphatic carbocycles. The molecular formula is C24H25NO2. The second kappa shape index (κ2) is 7.07. The van der Waals surface area contributed by atoms with E-state index in [1.54, 1.807) is 0 Å². The van der Waals surface area contributed by atoms with Gasteiger partial charge in [0.05, 0.1) is 5.57 Å². The molecule has 0 N–H and O–H groups in total. The van der Waals surface area contributed by atoms with Gasteiger partial charge in [0.25, 0.3) is 5.91 Å². The third-order valence-corrected chi connectivity index (χ3v) is 5.76. The van der Waals surface area contributed by atoms with E-state index in [1.165, 1.54) is 11.1 Å². The van der Waals surface area contributed by atoms with Crippen LogP contribution >= 0.6 is 0 Å². The van der Waals surface area contributed by atoms with Gasteiger partial charge >= 0.3 is 0 Å². The van der Waals surface area contributed by atoms with Crippen molar-refractivity contribution in [3.63, 3.8) is 0 Å². The van der Waals surface area contributed by atoms with E-state index < -0.39 is 0 Å². The van der Waals surface area contributed by atoms with Crippen LogP contribution in [0.5, 0.6) is 0 Å². The maximum absolute atomic E-state index is 13.1. The largest absolute Gasteiger partial charge is 0.477 e. The first-order valence-electron chi connectivity index (χ1n) is 9.53. The molecule has 2 aromatic carbocycles. The van der Waals surface area contributed by atoms with Gasteiger partial charge in [-0.25, -0.2) is 0 Å². The Hall–Kier alpha value is -2.81. The van der Waals surface area contributed by atoms with Crippen molar-refractivity contribution in [3.05, 3.63) is 83.1 Å². The third-order valence-electron chi connectivity index (χ3n) is 5.76. The average molecular weight is 359 g/mol. The molecule has 0 fully saturated rings. The van der Waals surface area contributed by atoms with Gasteiger partial charge in [-0.15, -0.1) is 0 Å². The van der Waals surface area contributed by atoms with Crippen molar-refractivity contribution in [2.45, 2.75) is 32.1 Å². The summed E-state index contributed by atoms with van der Waals surface area (Å²) in [6.07, 6.45) is 6.35. The fourth-order valence-electron chi connectivity index (χ4n) is 4.08. The molecular weight excluding hydrogens is 334 g/mol. The van der Waals surface area contributed by atoms with Crippen molar-refractivity contribution < 1.29 is 9.53 Å². The Labute approximate surface area is 161 Å². The number of hydrogen-bond acceptors (Lipinski definition) is 2. The number of ether oxygens (including phenoxy) is 1. The molecule has 1 unspecified atom stereocenters. The van der Waals surface area contributed by atoms with Crippen LogP contribution in [-0.2, 0) is 14.9 Å². The molecule has 1 atom stereocenters. The molecule has 2 aromatic rings. The smallest absolute Gasteiger partial charge is 0.260 e. The summed E-state index contributed by atoms with van der Waals surface area (Å²) in [5, 5.41) is 0. The van der Waals surface area contributed by atoms with Gasteiger partial charge in [0, 0.05) is 6.54 Å². The molecule has 27 heavy (non-hydrogen) atoms. The van der Waals surface area contributed by atoms with E-state index >= 15 is 0 Å². The maximum atomic E-state index is 13.1. The van der Waals surface area contributed by atoms with E-state index in [4.69, 9.17) is 4.74 Å². The molecule has 3 heteroatoms. The van der Waals surface area contributed by atoms with Crippen LogP contribution < -0.4 is 0 Å². The summed E-state index contributed by atoms with van der Waals surface area (Å²) in [6, 6.07) is 18.4. The standard InChI is InChI=1S/C24H25NO2/c1-18-22(20-10-4-3-5-11-20)23(26)25(17-27-18)16-15-24(2)14-8-12-19-9-6-7-13-21(19)24/h3-13H,14-17H2,1-2H3. The Morgan fingerprint density at radius 2 is 1.81 bits per heavy atom. The molecule has 0 aromatic heterocycles. The Kier molecular flexibility index (Phi) is 4.61. The van der Waals surface area contributed by atoms with E-state index in [-0.39, 0.29) is 11.3 Å². The summed E-state index contributed by atoms with van der Waals surface area (Å²) < 4.78 is 5.84. The highest BCUT2D eigenvalue weighted by Crippen LogP contribution is 2.38. The van der Waals surface area contributed by atoms with Gasteiger partial charge in [-0.3, -0.25) is 4.79 Å².